The molecule has 174 valence electrons. The Hall–Kier alpha value is -1.39. The van der Waals surface area contributed by atoms with Crippen LogP contribution in [0.1, 0.15) is 67.7 Å². The Morgan fingerprint density at radius 3 is 2.39 bits per heavy atom. The van der Waals surface area contributed by atoms with Crippen LogP contribution in [0.3, 0.4) is 0 Å². The second-order valence-electron chi connectivity index (χ2n) is 11.2. The fourth-order valence-corrected chi connectivity index (χ4v) is 6.04. The number of hydrogen-bond acceptors (Lipinski definition) is 3. The van der Waals surface area contributed by atoms with E-state index in [1.54, 1.807) is 0 Å². The van der Waals surface area contributed by atoms with E-state index in [1.807, 2.05) is 19.9 Å². The number of fused-ring (bicyclic) bond motifs is 1. The SMILES string of the molecule is C=C[C@H](O[Si](C)(C)C(C)(C)C)[C@@H]1CC(OCC)=C[C@@H]2C[C@@]21C(=O)CC(C(=C)C)=C(C)C. The van der Waals surface area contributed by atoms with Crippen molar-refractivity contribution in [2.75, 3.05) is 6.61 Å². The Morgan fingerprint density at radius 1 is 1.32 bits per heavy atom. The van der Waals surface area contributed by atoms with E-state index in [2.05, 4.69) is 66.9 Å². The van der Waals surface area contributed by atoms with Crippen molar-refractivity contribution in [1.29, 1.82) is 0 Å². The summed E-state index contributed by atoms with van der Waals surface area (Å²) in [5.41, 5.74) is 2.87. The normalized spacial score (nSPS) is 26.3. The molecule has 4 heteroatoms. The molecule has 0 radical (unpaired) electrons. The van der Waals surface area contributed by atoms with Crippen molar-refractivity contribution in [2.45, 2.75) is 92.0 Å². The maximum atomic E-state index is 13.8. The molecule has 1 fully saturated rings. The molecule has 2 aliphatic rings. The third kappa shape index (κ3) is 5.17. The quantitative estimate of drug-likeness (QED) is 0.200. The lowest BCUT2D eigenvalue weighted by Crippen LogP contribution is -2.48. The highest BCUT2D eigenvalue weighted by Crippen LogP contribution is 2.66. The van der Waals surface area contributed by atoms with E-state index in [0.717, 1.165) is 29.7 Å². The first-order valence-electron chi connectivity index (χ1n) is 11.7. The first kappa shape index (κ1) is 25.9. The summed E-state index contributed by atoms with van der Waals surface area (Å²) in [6.07, 6.45) is 6.05. The molecule has 3 nitrogen and oxygen atoms in total. The molecule has 1 saturated carbocycles. The van der Waals surface area contributed by atoms with E-state index in [-0.39, 0.29) is 28.4 Å². The highest BCUT2D eigenvalue weighted by Gasteiger charge is 2.66. The van der Waals surface area contributed by atoms with Crippen molar-refractivity contribution < 1.29 is 14.0 Å². The fourth-order valence-electron chi connectivity index (χ4n) is 4.75. The van der Waals surface area contributed by atoms with Crippen LogP contribution in [0, 0.1) is 17.3 Å². The van der Waals surface area contributed by atoms with Crippen molar-refractivity contribution in [3.05, 3.63) is 47.8 Å². The summed E-state index contributed by atoms with van der Waals surface area (Å²) in [6.45, 7) is 28.3. The van der Waals surface area contributed by atoms with Gasteiger partial charge in [-0.15, -0.1) is 6.58 Å². The van der Waals surface area contributed by atoms with Crippen LogP contribution in [-0.4, -0.2) is 26.8 Å². The fraction of sp³-hybridized carbons (Fsp3) is 0.667. The maximum Gasteiger partial charge on any atom is 0.192 e. The van der Waals surface area contributed by atoms with Gasteiger partial charge in [0.2, 0.25) is 0 Å². The Bertz CT molecular complexity index is 792. The summed E-state index contributed by atoms with van der Waals surface area (Å²) in [6, 6.07) is 0. The molecule has 0 saturated heterocycles. The van der Waals surface area contributed by atoms with E-state index in [1.165, 1.54) is 5.57 Å². The zero-order valence-corrected chi connectivity index (χ0v) is 22.4. The average molecular weight is 445 g/mol. The van der Waals surface area contributed by atoms with Crippen molar-refractivity contribution in [3.63, 3.8) is 0 Å². The first-order chi connectivity index (χ1) is 14.2. The molecule has 0 aromatic carbocycles. The molecular weight excluding hydrogens is 400 g/mol. The van der Waals surface area contributed by atoms with Crippen LogP contribution in [0.25, 0.3) is 0 Å². The second-order valence-corrected chi connectivity index (χ2v) is 15.9. The van der Waals surface area contributed by atoms with E-state index in [4.69, 9.17) is 9.16 Å². The molecule has 31 heavy (non-hydrogen) atoms. The lowest BCUT2D eigenvalue weighted by Gasteiger charge is -2.43. The van der Waals surface area contributed by atoms with Crippen LogP contribution in [0.2, 0.25) is 18.1 Å². The van der Waals surface area contributed by atoms with Crippen molar-refractivity contribution in [3.8, 4) is 0 Å². The zero-order valence-electron chi connectivity index (χ0n) is 21.4. The maximum absolute atomic E-state index is 13.8. The first-order valence-corrected chi connectivity index (χ1v) is 14.6. The van der Waals surface area contributed by atoms with Gasteiger partial charge < -0.3 is 9.16 Å². The van der Waals surface area contributed by atoms with Gasteiger partial charge in [-0.1, -0.05) is 44.6 Å². The lowest BCUT2D eigenvalue weighted by molar-refractivity contribution is -0.127. The largest absolute Gasteiger partial charge is 0.499 e. The molecule has 0 bridgehead atoms. The summed E-state index contributed by atoms with van der Waals surface area (Å²) < 4.78 is 12.8. The third-order valence-electron chi connectivity index (χ3n) is 7.70. The van der Waals surface area contributed by atoms with Gasteiger partial charge in [0.1, 0.15) is 5.78 Å². The monoisotopic (exact) mass is 444 g/mol. The lowest BCUT2D eigenvalue weighted by atomic mass is 9.72. The van der Waals surface area contributed by atoms with Crippen LogP contribution >= 0.6 is 0 Å². The molecule has 2 aliphatic carbocycles. The van der Waals surface area contributed by atoms with Gasteiger partial charge in [0.25, 0.3) is 0 Å². The smallest absolute Gasteiger partial charge is 0.192 e. The number of Topliss-reactive ketones (excluding diaryl/α,β-unsaturated/α-hetero) is 1. The van der Waals surface area contributed by atoms with Gasteiger partial charge in [-0.05, 0) is 69.8 Å². The van der Waals surface area contributed by atoms with Crippen LogP contribution in [0.4, 0.5) is 0 Å². The molecular formula is C27H44O3Si. The molecule has 0 aromatic heterocycles. The summed E-state index contributed by atoms with van der Waals surface area (Å²) in [7, 11) is -2.03. The van der Waals surface area contributed by atoms with Crippen LogP contribution < -0.4 is 0 Å². The van der Waals surface area contributed by atoms with Crippen molar-refractivity contribution in [2.24, 2.45) is 17.3 Å². The van der Waals surface area contributed by atoms with Crippen LogP contribution in [0.15, 0.2) is 47.8 Å². The van der Waals surface area contributed by atoms with Gasteiger partial charge in [0, 0.05) is 24.2 Å². The van der Waals surface area contributed by atoms with Gasteiger partial charge in [-0.25, -0.2) is 0 Å². The zero-order chi connectivity index (χ0) is 23.8. The molecule has 0 heterocycles. The number of allylic oxidation sites excluding steroid dienone is 5. The number of ether oxygens (including phenoxy) is 1. The van der Waals surface area contributed by atoms with Crippen LogP contribution in [0.5, 0.6) is 0 Å². The van der Waals surface area contributed by atoms with Gasteiger partial charge >= 0.3 is 0 Å². The molecule has 0 spiro atoms. The van der Waals surface area contributed by atoms with Gasteiger partial charge in [0.15, 0.2) is 8.32 Å². The van der Waals surface area contributed by atoms with Crippen molar-refractivity contribution >= 4 is 14.1 Å². The Balaban J connectivity index is 2.43. The summed E-state index contributed by atoms with van der Waals surface area (Å²) in [5.74, 6) is 1.62. The Morgan fingerprint density at radius 2 is 1.94 bits per heavy atom. The second kappa shape index (κ2) is 9.23. The predicted octanol–water partition coefficient (Wildman–Crippen LogP) is 7.38. The topological polar surface area (TPSA) is 35.5 Å². The number of hydrogen-bond donors (Lipinski definition) is 0. The predicted molar refractivity (Wildman–Crippen MR) is 133 cm³/mol. The molecule has 4 atom stereocenters. The molecule has 0 aliphatic heterocycles. The molecule has 0 aromatic rings. The molecule has 0 amide bonds. The van der Waals surface area contributed by atoms with E-state index in [9.17, 15) is 4.79 Å². The number of carbonyl (C=O) groups is 1. The van der Waals surface area contributed by atoms with E-state index < -0.39 is 8.32 Å². The minimum atomic E-state index is -2.03. The highest BCUT2D eigenvalue weighted by molar-refractivity contribution is 6.74. The van der Waals surface area contributed by atoms with E-state index >= 15 is 0 Å². The standard InChI is InChI=1S/C27H44O3Si/c1-12-24(30-31(10,11)26(7,8)9)23-15-21(29-13-2)14-20-17-27(20,23)25(28)16-22(18(3)4)19(5)6/h12,14,20,23-24H,1,3,13,15-17H2,2,4-11H3/t20-,23+,24+,27-/m1/s1. The number of ketones is 1. The van der Waals surface area contributed by atoms with Crippen LogP contribution in [-0.2, 0) is 14.0 Å². The summed E-state index contributed by atoms with van der Waals surface area (Å²) >= 11 is 0. The van der Waals surface area contributed by atoms with Gasteiger partial charge in [-0.3, -0.25) is 4.79 Å². The van der Waals surface area contributed by atoms with E-state index in [0.29, 0.717) is 18.8 Å². The summed E-state index contributed by atoms with van der Waals surface area (Å²) in [5, 5.41) is 0.0941. The summed E-state index contributed by atoms with van der Waals surface area (Å²) in [4.78, 5) is 13.8. The number of carbonyl (C=O) groups excluding carboxylic acids is 1. The highest BCUT2D eigenvalue weighted by atomic mass is 28.4. The molecule has 0 N–H and O–H groups in total. The Labute approximate surface area is 191 Å². The van der Waals surface area contributed by atoms with Gasteiger partial charge in [-0.2, -0.15) is 0 Å². The van der Waals surface area contributed by atoms with Crippen molar-refractivity contribution in [1.82, 2.24) is 0 Å². The minimum Gasteiger partial charge on any atom is -0.499 e. The molecule has 2 rings (SSSR count). The minimum absolute atomic E-state index is 0.0618. The third-order valence-corrected chi connectivity index (χ3v) is 12.2. The molecule has 0 unspecified atom stereocenters. The average Bonchev–Trinajstić information content (AvgIpc) is 3.37. The van der Waals surface area contributed by atoms with Gasteiger partial charge in [0.05, 0.1) is 18.5 Å². The number of rotatable bonds is 10. The Kier molecular flexibility index (Phi) is 7.70.